The molecule has 0 aliphatic carbocycles. The van der Waals surface area contributed by atoms with Crippen LogP contribution < -0.4 is 0 Å². The lowest BCUT2D eigenvalue weighted by Gasteiger charge is -2.16. The summed E-state index contributed by atoms with van der Waals surface area (Å²) in [6, 6.07) is 13.3. The van der Waals surface area contributed by atoms with Crippen molar-refractivity contribution in [3.63, 3.8) is 0 Å². The lowest BCUT2D eigenvalue weighted by atomic mass is 10.2. The molecule has 0 bridgehead atoms. The second kappa shape index (κ2) is 8.03. The number of benzene rings is 2. The number of pyridine rings is 1. The number of fused-ring (bicyclic) bond motifs is 1. The van der Waals surface area contributed by atoms with Crippen molar-refractivity contribution in [1.82, 2.24) is 9.88 Å². The molecule has 146 valence electrons. The van der Waals surface area contributed by atoms with E-state index in [1.54, 1.807) is 18.3 Å². The van der Waals surface area contributed by atoms with Gasteiger partial charge in [0, 0.05) is 47.3 Å². The Morgan fingerprint density at radius 2 is 1.96 bits per heavy atom. The summed E-state index contributed by atoms with van der Waals surface area (Å²) in [5.74, 6) is 0. The van der Waals surface area contributed by atoms with Gasteiger partial charge in [-0.15, -0.1) is 11.8 Å². The third kappa shape index (κ3) is 4.51. The summed E-state index contributed by atoms with van der Waals surface area (Å²) in [5, 5.41) is 3.48. The highest BCUT2D eigenvalue weighted by atomic mass is 35.5. The highest BCUT2D eigenvalue weighted by Crippen LogP contribution is 2.37. The summed E-state index contributed by atoms with van der Waals surface area (Å²) in [6.07, 6.45) is 5.98. The number of hydrogen-bond acceptors (Lipinski definition) is 5. The summed E-state index contributed by atoms with van der Waals surface area (Å²) in [4.78, 5) is 8.04. The average Bonchev–Trinajstić information content (AvgIpc) is 3.09. The summed E-state index contributed by atoms with van der Waals surface area (Å²) < 4.78 is 23.2. The van der Waals surface area contributed by atoms with E-state index >= 15 is 0 Å². The van der Waals surface area contributed by atoms with Gasteiger partial charge in [-0.3, -0.25) is 9.88 Å². The second-order valence-corrected chi connectivity index (χ2v) is 11.0. The van der Waals surface area contributed by atoms with Crippen LogP contribution in [0.2, 0.25) is 5.02 Å². The fraction of sp³-hybridized carbons (Fsp3) is 0.286. The van der Waals surface area contributed by atoms with Crippen LogP contribution in [0, 0.1) is 0 Å². The maximum absolute atomic E-state index is 11.6. The van der Waals surface area contributed by atoms with E-state index in [2.05, 4.69) is 16.0 Å². The van der Waals surface area contributed by atoms with Gasteiger partial charge < -0.3 is 0 Å². The molecule has 3 aromatic rings. The van der Waals surface area contributed by atoms with E-state index < -0.39 is 9.84 Å². The Morgan fingerprint density at radius 3 is 2.71 bits per heavy atom. The van der Waals surface area contributed by atoms with Crippen molar-refractivity contribution in [1.29, 1.82) is 0 Å². The molecule has 28 heavy (non-hydrogen) atoms. The second-order valence-electron chi connectivity index (χ2n) is 7.19. The van der Waals surface area contributed by atoms with Crippen LogP contribution >= 0.6 is 23.4 Å². The summed E-state index contributed by atoms with van der Waals surface area (Å²) in [7, 11) is -3.14. The van der Waals surface area contributed by atoms with Crippen LogP contribution in [-0.4, -0.2) is 42.9 Å². The topological polar surface area (TPSA) is 50.3 Å². The van der Waals surface area contributed by atoms with E-state index in [1.807, 2.05) is 42.2 Å². The third-order valence-electron chi connectivity index (χ3n) is 4.97. The lowest BCUT2D eigenvalue weighted by molar-refractivity contribution is 0.332. The zero-order valence-electron chi connectivity index (χ0n) is 15.5. The van der Waals surface area contributed by atoms with Gasteiger partial charge in [0.1, 0.15) is 0 Å². The largest absolute Gasteiger partial charge is 0.298 e. The van der Waals surface area contributed by atoms with Gasteiger partial charge in [0.15, 0.2) is 9.84 Å². The molecule has 1 saturated heterocycles. The van der Waals surface area contributed by atoms with Crippen LogP contribution in [0.5, 0.6) is 0 Å². The molecule has 0 radical (unpaired) electrons. The van der Waals surface area contributed by atoms with Gasteiger partial charge in [0.2, 0.25) is 0 Å². The zero-order valence-corrected chi connectivity index (χ0v) is 17.9. The highest BCUT2D eigenvalue weighted by molar-refractivity contribution is 8.00. The number of rotatable bonds is 5. The molecule has 1 aliphatic rings. The van der Waals surface area contributed by atoms with Crippen molar-refractivity contribution in [2.45, 2.75) is 28.0 Å². The molecule has 0 amide bonds. The van der Waals surface area contributed by atoms with Crippen LogP contribution in [0.15, 0.2) is 64.6 Å². The molecule has 1 aliphatic heterocycles. The number of aromatic nitrogens is 1. The summed E-state index contributed by atoms with van der Waals surface area (Å²) >= 11 is 8.33. The summed E-state index contributed by atoms with van der Waals surface area (Å²) in [5.41, 5.74) is 1.13. The number of thioether (sulfide) groups is 1. The molecule has 1 aromatic heterocycles. The van der Waals surface area contributed by atoms with Gasteiger partial charge >= 0.3 is 0 Å². The molecule has 2 heterocycles. The Morgan fingerprint density at radius 1 is 1.18 bits per heavy atom. The quantitative estimate of drug-likeness (QED) is 0.587. The molecular weight excluding hydrogens is 412 g/mol. The molecule has 7 heteroatoms. The molecule has 2 aromatic carbocycles. The van der Waals surface area contributed by atoms with Crippen molar-refractivity contribution < 1.29 is 8.42 Å². The van der Waals surface area contributed by atoms with Gasteiger partial charge in [-0.1, -0.05) is 23.7 Å². The first kappa shape index (κ1) is 19.7. The number of hydrogen-bond donors (Lipinski definition) is 0. The summed E-state index contributed by atoms with van der Waals surface area (Å²) in [6.45, 7) is 2.85. The predicted molar refractivity (Wildman–Crippen MR) is 116 cm³/mol. The van der Waals surface area contributed by atoms with Gasteiger partial charge in [-0.05, 0) is 54.2 Å². The molecule has 0 spiro atoms. The molecular formula is C21H21ClN2O2S2. The van der Waals surface area contributed by atoms with E-state index in [4.69, 9.17) is 11.6 Å². The van der Waals surface area contributed by atoms with E-state index in [0.29, 0.717) is 10.1 Å². The maximum atomic E-state index is 11.6. The van der Waals surface area contributed by atoms with Crippen molar-refractivity contribution in [3.05, 3.63) is 65.4 Å². The van der Waals surface area contributed by atoms with Crippen LogP contribution in [0.1, 0.15) is 12.0 Å². The Balaban J connectivity index is 1.40. The highest BCUT2D eigenvalue weighted by Gasteiger charge is 2.24. The predicted octanol–water partition coefficient (Wildman–Crippen LogP) is 4.66. The first-order valence-corrected chi connectivity index (χ1v) is 12.2. The minimum absolute atomic E-state index is 0.368. The maximum Gasteiger partial charge on any atom is 0.175 e. The van der Waals surface area contributed by atoms with Gasteiger partial charge in [-0.2, -0.15) is 0 Å². The SMILES string of the molecule is CS(=O)(=O)c1ccc(CN2CC[C@H](Sc3cc4ccncc4cc3Cl)C2)cc1. The fourth-order valence-corrected chi connectivity index (χ4v) is 5.66. The molecule has 1 atom stereocenters. The molecule has 4 nitrogen and oxygen atoms in total. The third-order valence-corrected chi connectivity index (χ3v) is 7.83. The van der Waals surface area contributed by atoms with Gasteiger partial charge in [0.25, 0.3) is 0 Å². The number of nitrogens with zero attached hydrogens (tertiary/aromatic N) is 2. The van der Waals surface area contributed by atoms with Crippen LogP contribution in [0.25, 0.3) is 10.8 Å². The molecule has 4 rings (SSSR count). The average molecular weight is 433 g/mol. The minimum atomic E-state index is -3.14. The standard InChI is InChI=1S/C21H21ClN2O2S2/c1-28(25,26)19-4-2-15(3-5-19)13-24-9-7-18(14-24)27-21-11-16-6-8-23-12-17(16)10-20(21)22/h2-6,8,10-12,18H,7,9,13-14H2,1H3/t18-/m0/s1. The zero-order chi connectivity index (χ0) is 19.7. The van der Waals surface area contributed by atoms with Crippen molar-refractivity contribution >= 4 is 44.0 Å². The van der Waals surface area contributed by atoms with Crippen molar-refractivity contribution in [3.8, 4) is 0 Å². The van der Waals surface area contributed by atoms with Crippen LogP contribution in [0.4, 0.5) is 0 Å². The Hall–Kier alpha value is -1.60. The van der Waals surface area contributed by atoms with Crippen LogP contribution in [0.3, 0.4) is 0 Å². The van der Waals surface area contributed by atoms with Gasteiger partial charge in [-0.25, -0.2) is 8.42 Å². The minimum Gasteiger partial charge on any atom is -0.298 e. The first-order chi connectivity index (χ1) is 13.4. The monoisotopic (exact) mass is 432 g/mol. The number of halogens is 1. The van der Waals surface area contributed by atoms with E-state index in [1.165, 1.54) is 6.26 Å². The number of likely N-dealkylation sites (tertiary alicyclic amines) is 1. The smallest absolute Gasteiger partial charge is 0.175 e. The van der Waals surface area contributed by atoms with Gasteiger partial charge in [0.05, 0.1) is 9.92 Å². The molecule has 0 N–H and O–H groups in total. The van der Waals surface area contributed by atoms with Crippen molar-refractivity contribution in [2.24, 2.45) is 0 Å². The van der Waals surface area contributed by atoms with Crippen molar-refractivity contribution in [2.75, 3.05) is 19.3 Å². The molecule has 0 unspecified atom stereocenters. The Kier molecular flexibility index (Phi) is 5.65. The van der Waals surface area contributed by atoms with E-state index in [-0.39, 0.29) is 0 Å². The Labute approximate surface area is 174 Å². The van der Waals surface area contributed by atoms with E-state index in [0.717, 1.165) is 52.3 Å². The van der Waals surface area contributed by atoms with Crippen LogP contribution in [-0.2, 0) is 16.4 Å². The molecule has 1 fully saturated rings. The van der Waals surface area contributed by atoms with E-state index in [9.17, 15) is 8.42 Å². The molecule has 0 saturated carbocycles. The number of sulfone groups is 1. The fourth-order valence-electron chi connectivity index (χ4n) is 3.49. The lowest BCUT2D eigenvalue weighted by Crippen LogP contribution is -2.20. The Bertz CT molecular complexity index is 1100. The normalized spacial score (nSPS) is 18.0. The first-order valence-electron chi connectivity index (χ1n) is 9.10.